The molecule has 2 nitrogen and oxygen atoms in total. The summed E-state index contributed by atoms with van der Waals surface area (Å²) in [5.41, 5.74) is 5.31. The molecule has 1 atom stereocenters. The molecule has 0 aliphatic carbocycles. The second kappa shape index (κ2) is 7.56. The van der Waals surface area contributed by atoms with Gasteiger partial charge in [0.1, 0.15) is 0 Å². The lowest BCUT2D eigenvalue weighted by molar-refractivity contribution is 0.275. The van der Waals surface area contributed by atoms with E-state index in [2.05, 4.69) is 0 Å². The number of aliphatic hydroxyl groups is 1. The minimum Gasteiger partial charge on any atom is -0.395 e. The zero-order chi connectivity index (χ0) is 5.70. The average molecular weight is 158 g/mol. The van der Waals surface area contributed by atoms with E-state index in [0.29, 0.717) is 0 Å². The van der Waals surface area contributed by atoms with Crippen LogP contribution in [-0.2, 0) is 0 Å². The molecule has 0 saturated heterocycles. The zero-order valence-corrected chi connectivity index (χ0v) is 6.47. The van der Waals surface area contributed by atoms with Crippen LogP contribution in [0, 0.1) is 0 Å². The summed E-state index contributed by atoms with van der Waals surface area (Å²) in [6.07, 6.45) is 1.97. The maximum absolute atomic E-state index is 8.33. The second-order valence-electron chi connectivity index (χ2n) is 1.40. The van der Waals surface area contributed by atoms with Gasteiger partial charge >= 0.3 is 0 Å². The van der Waals surface area contributed by atoms with Crippen LogP contribution in [0.25, 0.3) is 0 Å². The van der Waals surface area contributed by atoms with Crippen LogP contribution in [0.2, 0.25) is 0 Å². The molecular weight excluding hydrogens is 146 g/mol. The van der Waals surface area contributed by atoms with Crippen molar-refractivity contribution in [3.63, 3.8) is 0 Å². The van der Waals surface area contributed by atoms with Gasteiger partial charge in [0.15, 0.2) is 0 Å². The summed E-state index contributed by atoms with van der Waals surface area (Å²) in [4.78, 5) is 0. The van der Waals surface area contributed by atoms with Gasteiger partial charge in [0.05, 0.1) is 6.61 Å². The Labute approximate surface area is 60.2 Å². The first-order valence-corrected chi connectivity index (χ1v) is 3.56. The highest BCUT2D eigenvalue weighted by atomic mass is 35.5. The first-order chi connectivity index (χ1) is 3.31. The maximum atomic E-state index is 8.33. The molecule has 0 aromatic carbocycles. The normalized spacial score (nSPS) is 12.4. The Bertz CT molecular complexity index is 47.0. The summed E-state index contributed by atoms with van der Waals surface area (Å²) in [5, 5.41) is 8.33. The average Bonchev–Trinajstić information content (AvgIpc) is 1.68. The summed E-state index contributed by atoms with van der Waals surface area (Å²) >= 11 is 1.65. The highest BCUT2D eigenvalue weighted by Crippen LogP contribution is 1.91. The van der Waals surface area contributed by atoms with Crippen molar-refractivity contribution in [2.75, 3.05) is 18.6 Å². The summed E-state index contributed by atoms with van der Waals surface area (Å²) in [7, 11) is 0. The molecule has 0 saturated carbocycles. The van der Waals surface area contributed by atoms with E-state index in [1.165, 1.54) is 0 Å². The fourth-order valence-corrected chi connectivity index (χ4v) is 0.800. The van der Waals surface area contributed by atoms with Gasteiger partial charge in [-0.15, -0.1) is 12.4 Å². The Morgan fingerprint density at radius 2 is 2.25 bits per heavy atom. The van der Waals surface area contributed by atoms with Crippen molar-refractivity contribution < 1.29 is 5.11 Å². The van der Waals surface area contributed by atoms with Gasteiger partial charge in [0, 0.05) is 11.8 Å². The second-order valence-corrected chi connectivity index (χ2v) is 2.31. The molecule has 3 N–H and O–H groups in total. The molecule has 4 heteroatoms. The summed E-state index contributed by atoms with van der Waals surface area (Å²) in [5.74, 6) is 0.844. The Balaban J connectivity index is 0. The number of halogens is 1. The highest BCUT2D eigenvalue weighted by Gasteiger charge is 1.94. The van der Waals surface area contributed by atoms with Gasteiger partial charge in [-0.25, -0.2) is 0 Å². The van der Waals surface area contributed by atoms with E-state index in [4.69, 9.17) is 10.8 Å². The van der Waals surface area contributed by atoms with Crippen molar-refractivity contribution in [1.29, 1.82) is 0 Å². The first kappa shape index (κ1) is 11.4. The predicted molar refractivity (Wildman–Crippen MR) is 40.7 cm³/mol. The molecule has 52 valence electrons. The topological polar surface area (TPSA) is 46.2 Å². The predicted octanol–water partition coefficient (Wildman–Crippen LogP) is 0.0908. The van der Waals surface area contributed by atoms with Gasteiger partial charge in [-0.2, -0.15) is 11.8 Å². The Morgan fingerprint density at radius 1 is 1.75 bits per heavy atom. The van der Waals surface area contributed by atoms with Crippen LogP contribution < -0.4 is 5.73 Å². The van der Waals surface area contributed by atoms with Crippen molar-refractivity contribution in [2.45, 2.75) is 6.04 Å². The number of nitrogens with two attached hydrogens (primary N) is 1. The van der Waals surface area contributed by atoms with Crippen molar-refractivity contribution in [2.24, 2.45) is 5.73 Å². The van der Waals surface area contributed by atoms with Crippen LogP contribution in [0.1, 0.15) is 0 Å². The van der Waals surface area contributed by atoms with E-state index in [-0.39, 0.29) is 25.1 Å². The van der Waals surface area contributed by atoms with E-state index >= 15 is 0 Å². The third-order valence-corrected chi connectivity index (χ3v) is 1.38. The number of aliphatic hydroxyl groups excluding tert-OH is 1. The lowest BCUT2D eigenvalue weighted by Gasteiger charge is -2.02. The molecule has 0 spiro atoms. The number of rotatable bonds is 3. The third kappa shape index (κ3) is 6.56. The third-order valence-electron chi connectivity index (χ3n) is 0.615. The van der Waals surface area contributed by atoms with Crippen LogP contribution in [0.4, 0.5) is 0 Å². The minimum atomic E-state index is -0.0324. The number of hydrogen-bond donors (Lipinski definition) is 2. The molecule has 0 unspecified atom stereocenters. The molecule has 0 radical (unpaired) electrons. The molecule has 0 aliphatic heterocycles. The van der Waals surface area contributed by atoms with Crippen molar-refractivity contribution >= 4 is 24.2 Å². The molecule has 0 heterocycles. The SMILES string of the molecule is CSC[C@H](N)CO.Cl. The van der Waals surface area contributed by atoms with Gasteiger partial charge < -0.3 is 10.8 Å². The smallest absolute Gasteiger partial charge is 0.0590 e. The molecule has 0 fully saturated rings. The van der Waals surface area contributed by atoms with Crippen molar-refractivity contribution in [3.05, 3.63) is 0 Å². The molecule has 0 aliphatic rings. The zero-order valence-electron chi connectivity index (χ0n) is 4.83. The van der Waals surface area contributed by atoms with Crippen LogP contribution >= 0.6 is 24.2 Å². The highest BCUT2D eigenvalue weighted by molar-refractivity contribution is 7.98. The lowest BCUT2D eigenvalue weighted by atomic mass is 10.4. The quantitative estimate of drug-likeness (QED) is 0.611. The standard InChI is InChI=1S/C4H11NOS.ClH/c1-7-3-4(5)2-6;/h4,6H,2-3,5H2,1H3;1H/t4-;/m1./s1. The van der Waals surface area contributed by atoms with Gasteiger partial charge in [0.25, 0.3) is 0 Å². The molecule has 8 heavy (non-hydrogen) atoms. The summed E-state index contributed by atoms with van der Waals surface area (Å²) in [6.45, 7) is 0.0981. The molecule has 0 aromatic heterocycles. The van der Waals surface area contributed by atoms with Gasteiger partial charge in [-0.3, -0.25) is 0 Å². The summed E-state index contributed by atoms with van der Waals surface area (Å²) in [6, 6.07) is -0.0324. The Hall–Kier alpha value is 0.560. The minimum absolute atomic E-state index is 0. The van der Waals surface area contributed by atoms with E-state index in [1.54, 1.807) is 11.8 Å². The van der Waals surface area contributed by atoms with Crippen LogP contribution in [-0.4, -0.2) is 29.8 Å². The largest absolute Gasteiger partial charge is 0.395 e. The van der Waals surface area contributed by atoms with Gasteiger partial charge in [-0.05, 0) is 6.26 Å². The molecule has 0 rings (SSSR count). The van der Waals surface area contributed by atoms with E-state index < -0.39 is 0 Å². The first-order valence-electron chi connectivity index (χ1n) is 2.16. The molecule has 0 amide bonds. The fraction of sp³-hybridized carbons (Fsp3) is 1.00. The van der Waals surface area contributed by atoms with Crippen LogP contribution in [0.15, 0.2) is 0 Å². The molecule has 0 bridgehead atoms. The maximum Gasteiger partial charge on any atom is 0.0590 e. The van der Waals surface area contributed by atoms with Crippen molar-refractivity contribution in [1.82, 2.24) is 0 Å². The molecular formula is C4H12ClNOS. The fourth-order valence-electron chi connectivity index (χ4n) is 0.267. The number of thioether (sulfide) groups is 1. The van der Waals surface area contributed by atoms with Crippen LogP contribution in [0.5, 0.6) is 0 Å². The van der Waals surface area contributed by atoms with Gasteiger partial charge in [-0.1, -0.05) is 0 Å². The Morgan fingerprint density at radius 3 is 2.38 bits per heavy atom. The van der Waals surface area contributed by atoms with E-state index in [1.807, 2.05) is 6.26 Å². The van der Waals surface area contributed by atoms with Gasteiger partial charge in [0.2, 0.25) is 0 Å². The Kier molecular flexibility index (Phi) is 10.7. The van der Waals surface area contributed by atoms with Crippen LogP contribution in [0.3, 0.4) is 0 Å². The van der Waals surface area contributed by atoms with Crippen molar-refractivity contribution in [3.8, 4) is 0 Å². The lowest BCUT2D eigenvalue weighted by Crippen LogP contribution is -2.26. The van der Waals surface area contributed by atoms with E-state index in [9.17, 15) is 0 Å². The summed E-state index contributed by atoms with van der Waals surface area (Å²) < 4.78 is 0. The molecule has 0 aromatic rings. The monoisotopic (exact) mass is 157 g/mol. The van der Waals surface area contributed by atoms with E-state index in [0.717, 1.165) is 5.75 Å². The number of hydrogen-bond acceptors (Lipinski definition) is 3.